The van der Waals surface area contributed by atoms with Gasteiger partial charge >= 0.3 is 0 Å². The lowest BCUT2D eigenvalue weighted by Gasteiger charge is -2.40. The number of hydrogen-bond acceptors (Lipinski definition) is 18. The molecule has 0 radical (unpaired) electrons. The standard InChI is InChI=1S/C21H20FN5O3.C19H18FN3O2S.C18H16FN3O2S.C11H10FNO.ClH/c1-28-12-19-24-25-21(27(19)15-4-6-20(29-2)23-8-15)26-9-13(10-26)17-11-30-18-7-14(22)3-5-16(17)18;1-24-18-6-4-14(8-21-18)22-19(26-2)23-9-12(10-23)16-11-25-17-7-13(20)3-5-15(16)17;1-23-17-5-3-13(7-20-17)21-18(25)22-8-11(9-22)15-10-24-16-6-12(19)2-4-14(15)16;12-8-1-2-9-10(7-4-13-5-7)6-14-11(9)3-8;/h3-8,11,13H,9-10,12H2,1-2H3;3-8,11-12H,9-10H2,1-2H3;2-7,10-11H,8-9H2,1H3,(H,21,25);1-3,6-7,13H,4-5H2;1H. The maximum Gasteiger partial charge on any atom is 0.232 e. The fourth-order valence-electron chi connectivity index (χ4n) is 11.7. The first kappa shape index (κ1) is 66.3. The van der Waals surface area contributed by atoms with Gasteiger partial charge in [0.2, 0.25) is 23.6 Å². The zero-order chi connectivity index (χ0) is 65.7. The van der Waals surface area contributed by atoms with Gasteiger partial charge in [0.25, 0.3) is 0 Å². The Bertz CT molecular complexity index is 4680. The average molecular weight is 1370 g/mol. The Morgan fingerprint density at radius 3 is 1.42 bits per heavy atom. The van der Waals surface area contributed by atoms with Crippen molar-refractivity contribution in [3.8, 4) is 23.3 Å². The summed E-state index contributed by atoms with van der Waals surface area (Å²) in [5.74, 6) is 3.43. The molecule has 0 bridgehead atoms. The minimum absolute atomic E-state index is 0. The Morgan fingerprint density at radius 2 is 1.01 bits per heavy atom. The van der Waals surface area contributed by atoms with Crippen LogP contribution in [0.15, 0.2) is 175 Å². The summed E-state index contributed by atoms with van der Waals surface area (Å²) >= 11 is 7.06. The third-order valence-electron chi connectivity index (χ3n) is 17.0. The number of halogens is 5. The summed E-state index contributed by atoms with van der Waals surface area (Å²) in [6.07, 6.45) is 14.0. The number of anilines is 2. The predicted octanol–water partition coefficient (Wildman–Crippen LogP) is 14.2. The van der Waals surface area contributed by atoms with Crippen molar-refractivity contribution < 1.29 is 54.2 Å². The van der Waals surface area contributed by atoms with Crippen LogP contribution in [0.1, 0.15) is 51.7 Å². The van der Waals surface area contributed by atoms with Crippen molar-refractivity contribution in [1.82, 2.24) is 44.8 Å². The van der Waals surface area contributed by atoms with E-state index in [0.29, 0.717) is 75.3 Å². The summed E-state index contributed by atoms with van der Waals surface area (Å²) in [6.45, 7) is 7.11. The van der Waals surface area contributed by atoms with Gasteiger partial charge in [0.1, 0.15) is 52.2 Å². The molecule has 27 heteroatoms. The van der Waals surface area contributed by atoms with Crippen molar-refractivity contribution in [2.24, 2.45) is 4.99 Å². The van der Waals surface area contributed by atoms with E-state index in [2.05, 4.69) is 55.5 Å². The first-order valence-corrected chi connectivity index (χ1v) is 32.0. The number of furan rings is 4. The number of rotatable bonds is 13. The number of methoxy groups -OCH3 is 4. The van der Waals surface area contributed by atoms with Crippen molar-refractivity contribution in [3.63, 3.8) is 0 Å². The molecule has 0 unspecified atom stereocenters. The van der Waals surface area contributed by atoms with Crippen molar-refractivity contribution >= 4 is 108 Å². The number of fused-ring (bicyclic) bond motifs is 4. The molecule has 4 fully saturated rings. The number of amidine groups is 1. The third-order valence-corrected chi connectivity index (χ3v) is 18.1. The molecule has 4 saturated heterocycles. The van der Waals surface area contributed by atoms with E-state index < -0.39 is 0 Å². The molecule has 12 heterocycles. The van der Waals surface area contributed by atoms with Crippen LogP contribution in [-0.4, -0.2) is 137 Å². The molecule has 96 heavy (non-hydrogen) atoms. The molecule has 0 atom stereocenters. The average Bonchev–Trinajstić information content (AvgIpc) is 1.62. The molecule has 12 aromatic rings. The van der Waals surface area contributed by atoms with Crippen LogP contribution in [0.25, 0.3) is 49.6 Å². The molecule has 20 nitrogen and oxygen atoms in total. The van der Waals surface area contributed by atoms with Crippen LogP contribution in [0.4, 0.5) is 34.9 Å². The minimum Gasteiger partial charge on any atom is -0.481 e. The topological polar surface area (TPSA) is 205 Å². The molecule has 0 amide bonds. The van der Waals surface area contributed by atoms with E-state index in [1.165, 1.54) is 54.1 Å². The Hall–Kier alpha value is -9.73. The van der Waals surface area contributed by atoms with E-state index >= 15 is 0 Å². The Labute approximate surface area is 564 Å². The van der Waals surface area contributed by atoms with Crippen molar-refractivity contribution in [1.29, 1.82) is 0 Å². The molecular weight excluding hydrogens is 1300 g/mol. The highest BCUT2D eigenvalue weighted by Crippen LogP contribution is 2.40. The number of thiocarbonyl (C=S) groups is 1. The number of nitrogens with zero attached hydrogens (tertiary/aromatic N) is 10. The van der Waals surface area contributed by atoms with Crippen LogP contribution < -0.4 is 29.7 Å². The summed E-state index contributed by atoms with van der Waals surface area (Å²) in [7, 11) is 6.37. The van der Waals surface area contributed by atoms with Gasteiger partial charge in [0.15, 0.2) is 16.1 Å². The van der Waals surface area contributed by atoms with Gasteiger partial charge in [-0.05, 0) is 85.2 Å². The fourth-order valence-corrected chi connectivity index (χ4v) is 12.6. The van der Waals surface area contributed by atoms with Gasteiger partial charge < -0.3 is 61.9 Å². The lowest BCUT2D eigenvalue weighted by atomic mass is 9.91. The molecular formula is C69H65ClF4N12O8S2. The summed E-state index contributed by atoms with van der Waals surface area (Å²) < 4.78 is 97.2. The molecule has 0 spiro atoms. The maximum absolute atomic E-state index is 13.4. The lowest BCUT2D eigenvalue weighted by Crippen LogP contribution is -2.50. The van der Waals surface area contributed by atoms with E-state index in [-0.39, 0.29) is 41.6 Å². The van der Waals surface area contributed by atoms with Gasteiger partial charge in [-0.15, -0.1) is 22.6 Å². The van der Waals surface area contributed by atoms with Crippen LogP contribution in [0.3, 0.4) is 0 Å². The zero-order valence-corrected chi connectivity index (χ0v) is 55.0. The molecule has 8 aromatic heterocycles. The van der Waals surface area contributed by atoms with Crippen LogP contribution in [0.2, 0.25) is 0 Å². The van der Waals surface area contributed by atoms with Crippen LogP contribution in [0, 0.1) is 23.3 Å². The Balaban J connectivity index is 0.000000125. The van der Waals surface area contributed by atoms with Gasteiger partial charge in [-0.25, -0.2) is 37.5 Å². The fraction of sp³-hybridized carbons (Fsp3) is 0.261. The van der Waals surface area contributed by atoms with Gasteiger partial charge in [-0.1, -0.05) is 11.8 Å². The summed E-state index contributed by atoms with van der Waals surface area (Å²) in [6, 6.07) is 29.7. The number of thioether (sulfide) groups is 1. The van der Waals surface area contributed by atoms with E-state index in [0.717, 1.165) is 119 Å². The second-order valence-electron chi connectivity index (χ2n) is 22.9. The third kappa shape index (κ3) is 14.3. The first-order valence-electron chi connectivity index (χ1n) is 30.3. The Morgan fingerprint density at radius 1 is 0.562 bits per heavy atom. The lowest BCUT2D eigenvalue weighted by molar-refractivity contribution is 0.176. The monoisotopic (exact) mass is 1360 g/mol. The molecule has 496 valence electrons. The molecule has 2 N–H and O–H groups in total. The van der Waals surface area contributed by atoms with Crippen molar-refractivity contribution in [2.75, 3.05) is 97.3 Å². The normalized spacial score (nSPS) is 14.9. The first-order chi connectivity index (χ1) is 46.3. The van der Waals surface area contributed by atoms with Crippen LogP contribution >= 0.6 is 36.4 Å². The number of benzene rings is 4. The predicted molar refractivity (Wildman–Crippen MR) is 366 cm³/mol. The number of aromatic nitrogens is 6. The van der Waals surface area contributed by atoms with Crippen LogP contribution in [-0.2, 0) is 11.3 Å². The number of likely N-dealkylation sites (tertiary alicyclic amines) is 2. The molecule has 4 aliphatic heterocycles. The minimum atomic E-state index is -0.300. The second-order valence-corrected chi connectivity index (χ2v) is 24.1. The molecule has 0 saturated carbocycles. The smallest absolute Gasteiger partial charge is 0.232 e. The number of hydrogen-bond donors (Lipinski definition) is 2. The van der Waals surface area contributed by atoms with Gasteiger partial charge in [-0.2, -0.15) is 0 Å². The molecule has 16 rings (SSSR count). The SMILES string of the molecule is COCc1nnc(N2CC(c3coc4cc(F)ccc34)C2)n1-c1ccc(OC)nc1.COc1ccc(N=C(SC)N2CC(c3coc4cc(F)ccc34)C2)cn1.COc1ccc(NC(=S)N2CC(c3coc4cc(F)ccc34)C2)cn1.Cl.Fc1ccc2c(C3CNC3)coc2c1. The summed E-state index contributed by atoms with van der Waals surface area (Å²) in [4.78, 5) is 23.7. The van der Waals surface area contributed by atoms with Gasteiger partial charge in [0.05, 0.1) is 82.0 Å². The molecule has 4 aliphatic rings. The highest BCUT2D eigenvalue weighted by atomic mass is 35.5. The van der Waals surface area contributed by atoms with Gasteiger partial charge in [0, 0.05) is 169 Å². The van der Waals surface area contributed by atoms with E-state index in [9.17, 15) is 17.6 Å². The molecule has 4 aromatic carbocycles. The second kappa shape index (κ2) is 29.5. The van der Waals surface area contributed by atoms with E-state index in [1.807, 2.05) is 29.0 Å². The summed E-state index contributed by atoms with van der Waals surface area (Å²) in [5, 5.41) is 20.6. The van der Waals surface area contributed by atoms with E-state index in [4.69, 9.17) is 48.8 Å². The quantitative estimate of drug-likeness (QED) is 0.0476. The Kier molecular flexibility index (Phi) is 20.4. The molecule has 0 aliphatic carbocycles. The van der Waals surface area contributed by atoms with Crippen LogP contribution in [0.5, 0.6) is 17.6 Å². The number of ether oxygens (including phenoxy) is 4. The maximum atomic E-state index is 13.4. The number of nitrogens with one attached hydrogen (secondary N) is 2. The largest absolute Gasteiger partial charge is 0.481 e. The van der Waals surface area contributed by atoms with Crippen molar-refractivity contribution in [2.45, 2.75) is 30.3 Å². The van der Waals surface area contributed by atoms with E-state index in [1.54, 1.807) is 126 Å². The number of aliphatic imine (C=N–C) groups is 1. The zero-order valence-electron chi connectivity index (χ0n) is 52.6. The van der Waals surface area contributed by atoms with Crippen molar-refractivity contribution in [3.05, 3.63) is 204 Å². The highest BCUT2D eigenvalue weighted by molar-refractivity contribution is 8.13. The number of pyridine rings is 3. The van der Waals surface area contributed by atoms with Gasteiger partial charge in [-0.3, -0.25) is 4.57 Å². The highest BCUT2D eigenvalue weighted by Gasteiger charge is 2.36. The summed E-state index contributed by atoms with van der Waals surface area (Å²) in [5.41, 5.74) is 9.33.